The number of pyridine rings is 1. The van der Waals surface area contributed by atoms with E-state index in [9.17, 15) is 30.0 Å². The minimum absolute atomic E-state index is 0.0246. The molecule has 2 aromatic carbocycles. The summed E-state index contributed by atoms with van der Waals surface area (Å²) in [6, 6.07) is 14.8. The van der Waals surface area contributed by atoms with Crippen LogP contribution in [0.15, 0.2) is 60.8 Å². The summed E-state index contributed by atoms with van der Waals surface area (Å²) in [5, 5.41) is 46.2. The Bertz CT molecular complexity index is 1490. The second kappa shape index (κ2) is 14.9. The number of carbonyl (C=O) groups is 2. The van der Waals surface area contributed by atoms with E-state index in [0.717, 1.165) is 38.3 Å². The van der Waals surface area contributed by atoms with E-state index in [0.29, 0.717) is 11.3 Å². The Balaban J connectivity index is 1.41. The number of ether oxygens (including phenoxy) is 3. The molecule has 0 spiro atoms. The van der Waals surface area contributed by atoms with E-state index in [1.165, 1.54) is 31.5 Å². The molecule has 0 aliphatic carbocycles. The molecule has 0 saturated carbocycles. The molecule has 1 aromatic heterocycles. The maximum Gasteiger partial charge on any atom is 0.274 e. The number of nitrogens with zero attached hydrogens (tertiary/aromatic N) is 3. The molecule has 2 fully saturated rings. The van der Waals surface area contributed by atoms with E-state index < -0.39 is 49.1 Å². The number of methoxy groups -OCH3 is 1. The Morgan fingerprint density at radius 2 is 1.72 bits per heavy atom. The molecule has 6 N–H and O–H groups in total. The zero-order valence-electron chi connectivity index (χ0n) is 25.6. The van der Waals surface area contributed by atoms with Crippen molar-refractivity contribution in [2.24, 2.45) is 0 Å². The quantitative estimate of drug-likeness (QED) is 0.195. The summed E-state index contributed by atoms with van der Waals surface area (Å²) in [5.74, 6) is -0.655. The molecule has 2 aliphatic heterocycles. The minimum Gasteiger partial charge on any atom is -0.495 e. The number of aliphatic hydroxyl groups is 4. The summed E-state index contributed by atoms with van der Waals surface area (Å²) < 4.78 is 16.5. The van der Waals surface area contributed by atoms with Gasteiger partial charge in [-0.3, -0.25) is 9.59 Å². The average molecular weight is 638 g/mol. The molecule has 0 bridgehead atoms. The van der Waals surface area contributed by atoms with Crippen LogP contribution in [0, 0.1) is 0 Å². The third-order valence-corrected chi connectivity index (χ3v) is 8.02. The normalized spacial score (nSPS) is 23.7. The van der Waals surface area contributed by atoms with Gasteiger partial charge in [-0.25, -0.2) is 4.98 Å². The van der Waals surface area contributed by atoms with Gasteiger partial charge in [0.15, 0.2) is 0 Å². The molecular weight excluding hydrogens is 598 g/mol. The summed E-state index contributed by atoms with van der Waals surface area (Å²) in [4.78, 5) is 35.4. The highest BCUT2D eigenvalue weighted by Crippen LogP contribution is 2.36. The number of likely N-dealkylation sites (N-methyl/N-ethyl adjacent to an activating group) is 1. The first-order chi connectivity index (χ1) is 22.2. The standard InChI is InChI=1S/C32H39N5O9/c1-36-13-4-14-37(16-15-36)20-9-7-19(8-10-20)30(42)35-26-22(34-31(43)23-12-11-21(44-2)17-33-23)5-3-6-24(26)45-32-29(41)28(40)27(39)25(18-38)46-32/h3,5-12,17,25,27-29,32,38-41H,4,13-16,18H2,1-2H3,(H,34,43)(H,35,42)/t25-,27-,28+,29-,32-/m1/s1. The van der Waals surface area contributed by atoms with Crippen molar-refractivity contribution >= 4 is 28.9 Å². The van der Waals surface area contributed by atoms with Crippen molar-refractivity contribution in [2.75, 3.05) is 62.5 Å². The molecule has 3 aromatic rings. The lowest BCUT2D eigenvalue weighted by atomic mass is 9.99. The van der Waals surface area contributed by atoms with Crippen LogP contribution in [0.4, 0.5) is 17.1 Å². The first kappa shape index (κ1) is 33.1. The zero-order valence-corrected chi connectivity index (χ0v) is 25.6. The van der Waals surface area contributed by atoms with E-state index in [1.54, 1.807) is 24.3 Å². The van der Waals surface area contributed by atoms with Gasteiger partial charge in [0.25, 0.3) is 11.8 Å². The number of aliphatic hydroxyl groups excluding tert-OH is 4. The molecular formula is C32H39N5O9. The van der Waals surface area contributed by atoms with Crippen molar-refractivity contribution in [1.29, 1.82) is 0 Å². The zero-order chi connectivity index (χ0) is 32.8. The molecule has 0 radical (unpaired) electrons. The summed E-state index contributed by atoms with van der Waals surface area (Å²) in [5.41, 5.74) is 1.59. The van der Waals surface area contributed by atoms with Gasteiger partial charge in [-0.1, -0.05) is 6.07 Å². The van der Waals surface area contributed by atoms with Crippen LogP contribution < -0.4 is 25.0 Å². The fourth-order valence-electron chi connectivity index (χ4n) is 5.29. The smallest absolute Gasteiger partial charge is 0.274 e. The fourth-order valence-corrected chi connectivity index (χ4v) is 5.29. The van der Waals surface area contributed by atoms with Crippen LogP contribution in [0.25, 0.3) is 0 Å². The van der Waals surface area contributed by atoms with E-state index in [2.05, 4.69) is 32.5 Å². The summed E-state index contributed by atoms with van der Waals surface area (Å²) in [6.07, 6.45) is -5.29. The number of hydrogen-bond acceptors (Lipinski definition) is 12. The van der Waals surface area contributed by atoms with Gasteiger partial charge in [-0.15, -0.1) is 0 Å². The molecule has 46 heavy (non-hydrogen) atoms. The Kier molecular flexibility index (Phi) is 10.7. The van der Waals surface area contributed by atoms with E-state index in [1.807, 2.05) is 12.1 Å². The van der Waals surface area contributed by atoms with Gasteiger partial charge in [0.2, 0.25) is 6.29 Å². The van der Waals surface area contributed by atoms with Crippen LogP contribution in [0.3, 0.4) is 0 Å². The van der Waals surface area contributed by atoms with Gasteiger partial charge in [-0.2, -0.15) is 0 Å². The lowest BCUT2D eigenvalue weighted by molar-refractivity contribution is -0.277. The van der Waals surface area contributed by atoms with Crippen LogP contribution in [0.1, 0.15) is 27.3 Å². The highest BCUT2D eigenvalue weighted by molar-refractivity contribution is 6.10. The second-order valence-corrected chi connectivity index (χ2v) is 11.2. The number of carbonyl (C=O) groups excluding carboxylic acids is 2. The van der Waals surface area contributed by atoms with Crippen molar-refractivity contribution in [1.82, 2.24) is 9.88 Å². The third kappa shape index (κ3) is 7.55. The highest BCUT2D eigenvalue weighted by Gasteiger charge is 2.45. The number of anilines is 3. The van der Waals surface area contributed by atoms with Crippen LogP contribution in [-0.2, 0) is 4.74 Å². The van der Waals surface area contributed by atoms with Gasteiger partial charge < -0.3 is 55.1 Å². The first-order valence-corrected chi connectivity index (χ1v) is 14.9. The summed E-state index contributed by atoms with van der Waals surface area (Å²) in [6.45, 7) is 3.09. The number of para-hydroxylation sites is 1. The fraction of sp³-hybridized carbons (Fsp3) is 0.406. The summed E-state index contributed by atoms with van der Waals surface area (Å²) in [7, 11) is 3.58. The monoisotopic (exact) mass is 637 g/mol. The average Bonchev–Trinajstić information content (AvgIpc) is 3.30. The van der Waals surface area contributed by atoms with Gasteiger partial charge in [0.05, 0.1) is 25.6 Å². The van der Waals surface area contributed by atoms with Crippen molar-refractivity contribution in [3.63, 3.8) is 0 Å². The van der Waals surface area contributed by atoms with E-state index >= 15 is 0 Å². The molecule has 14 nitrogen and oxygen atoms in total. The van der Waals surface area contributed by atoms with Gasteiger partial charge in [-0.05, 0) is 68.5 Å². The topological polar surface area (TPSA) is 186 Å². The molecule has 5 rings (SSSR count). The molecule has 2 aliphatic rings. The molecule has 2 amide bonds. The minimum atomic E-state index is -1.70. The SMILES string of the molecule is COc1ccc(C(=O)Nc2cccc(O[C@@H]3O[C@H](CO)[C@@H](O)[C@H](O)[C@H]3O)c2NC(=O)c2ccc(N3CCCN(C)CC3)cc2)nc1. The number of rotatable bonds is 9. The molecule has 0 unspecified atom stereocenters. The molecule has 14 heteroatoms. The Morgan fingerprint density at radius 3 is 2.41 bits per heavy atom. The van der Waals surface area contributed by atoms with Crippen molar-refractivity contribution in [3.05, 3.63) is 72.1 Å². The van der Waals surface area contributed by atoms with Crippen LogP contribution in [0.2, 0.25) is 0 Å². The lowest BCUT2D eigenvalue weighted by Gasteiger charge is -2.39. The third-order valence-electron chi connectivity index (χ3n) is 8.02. The van der Waals surface area contributed by atoms with Gasteiger partial charge in [0, 0.05) is 30.9 Å². The predicted octanol–water partition coefficient (Wildman–Crippen LogP) is 0.915. The Hall–Kier alpha value is -4.31. The van der Waals surface area contributed by atoms with Gasteiger partial charge >= 0.3 is 0 Å². The number of aromatic nitrogens is 1. The maximum absolute atomic E-state index is 13.6. The van der Waals surface area contributed by atoms with Crippen molar-refractivity contribution in [3.8, 4) is 11.5 Å². The first-order valence-electron chi connectivity index (χ1n) is 14.9. The van der Waals surface area contributed by atoms with Crippen LogP contribution in [0.5, 0.6) is 11.5 Å². The second-order valence-electron chi connectivity index (χ2n) is 11.2. The highest BCUT2D eigenvalue weighted by atomic mass is 16.7. The van der Waals surface area contributed by atoms with E-state index in [4.69, 9.17) is 14.2 Å². The maximum atomic E-state index is 13.6. The number of nitrogens with one attached hydrogen (secondary N) is 2. The lowest BCUT2D eigenvalue weighted by Crippen LogP contribution is -2.60. The molecule has 2 saturated heterocycles. The Morgan fingerprint density at radius 1 is 0.935 bits per heavy atom. The van der Waals surface area contributed by atoms with Crippen molar-refractivity contribution < 1.29 is 44.2 Å². The van der Waals surface area contributed by atoms with E-state index in [-0.39, 0.29) is 22.8 Å². The largest absolute Gasteiger partial charge is 0.495 e. The van der Waals surface area contributed by atoms with Crippen LogP contribution >= 0.6 is 0 Å². The molecule has 5 atom stereocenters. The molecule has 3 heterocycles. The van der Waals surface area contributed by atoms with Crippen LogP contribution in [-0.4, -0.2) is 120 Å². The number of amides is 2. The van der Waals surface area contributed by atoms with Gasteiger partial charge in [0.1, 0.15) is 47.3 Å². The number of benzene rings is 2. The predicted molar refractivity (Wildman–Crippen MR) is 168 cm³/mol. The number of hydrogen-bond donors (Lipinski definition) is 6. The summed E-state index contributed by atoms with van der Waals surface area (Å²) >= 11 is 0. The molecule has 246 valence electrons. The Labute approximate surface area is 266 Å². The van der Waals surface area contributed by atoms with Crippen molar-refractivity contribution in [2.45, 2.75) is 37.1 Å².